The second-order valence-electron chi connectivity index (χ2n) is 9.00. The number of nitrogens with one attached hydrogen (secondary N) is 1. The monoisotopic (exact) mass is 494 g/mol. The third-order valence-electron chi connectivity index (χ3n) is 6.46. The summed E-state index contributed by atoms with van der Waals surface area (Å²) in [5, 5.41) is 7.21. The van der Waals surface area contributed by atoms with Gasteiger partial charge in [-0.15, -0.1) is 11.3 Å². The molecule has 1 aliphatic rings. The number of piperidine rings is 1. The van der Waals surface area contributed by atoms with Crippen molar-refractivity contribution in [2.75, 3.05) is 25.5 Å². The van der Waals surface area contributed by atoms with Crippen molar-refractivity contribution in [2.24, 2.45) is 0 Å². The molecular formula is C28H26N6OS. The second kappa shape index (κ2) is 10.0. The van der Waals surface area contributed by atoms with Gasteiger partial charge in [-0.05, 0) is 61.3 Å². The van der Waals surface area contributed by atoms with Gasteiger partial charge >= 0.3 is 0 Å². The molecular weight excluding hydrogens is 468 g/mol. The molecule has 0 unspecified atom stereocenters. The first kappa shape index (κ1) is 22.6. The van der Waals surface area contributed by atoms with Gasteiger partial charge in [0, 0.05) is 60.4 Å². The fourth-order valence-electron chi connectivity index (χ4n) is 4.44. The molecule has 7 nitrogen and oxygen atoms in total. The van der Waals surface area contributed by atoms with Crippen molar-refractivity contribution >= 4 is 33.9 Å². The van der Waals surface area contributed by atoms with Gasteiger partial charge in [0.1, 0.15) is 16.9 Å². The molecule has 3 aromatic heterocycles. The molecule has 0 aliphatic carbocycles. The Morgan fingerprint density at radius 1 is 0.944 bits per heavy atom. The predicted molar refractivity (Wildman–Crippen MR) is 145 cm³/mol. The van der Waals surface area contributed by atoms with Crippen LogP contribution in [0.25, 0.3) is 32.6 Å². The molecule has 180 valence electrons. The van der Waals surface area contributed by atoms with E-state index in [1.165, 1.54) is 0 Å². The van der Waals surface area contributed by atoms with E-state index in [4.69, 9.17) is 9.72 Å². The number of hydrogen-bond donors (Lipinski definition) is 1. The molecule has 2 aromatic carbocycles. The van der Waals surface area contributed by atoms with Crippen molar-refractivity contribution in [3.05, 3.63) is 78.7 Å². The fraction of sp³-hybridized carbons (Fsp3) is 0.214. The van der Waals surface area contributed by atoms with Crippen LogP contribution in [0.1, 0.15) is 12.8 Å². The average Bonchev–Trinajstić information content (AvgIpc) is 3.45. The van der Waals surface area contributed by atoms with Crippen LogP contribution in [0.2, 0.25) is 0 Å². The summed E-state index contributed by atoms with van der Waals surface area (Å²) in [5.41, 5.74) is 5.02. The van der Waals surface area contributed by atoms with E-state index in [0.717, 1.165) is 70.0 Å². The van der Waals surface area contributed by atoms with E-state index >= 15 is 0 Å². The van der Waals surface area contributed by atoms with Gasteiger partial charge in [-0.2, -0.15) is 0 Å². The number of thiazole rings is 1. The number of nitrogens with zero attached hydrogens (tertiary/aromatic N) is 5. The van der Waals surface area contributed by atoms with Crippen LogP contribution in [0.3, 0.4) is 0 Å². The molecule has 1 aliphatic heterocycles. The zero-order chi connectivity index (χ0) is 24.3. The zero-order valence-corrected chi connectivity index (χ0v) is 20.8. The average molecular weight is 495 g/mol. The van der Waals surface area contributed by atoms with Gasteiger partial charge in [-0.1, -0.05) is 12.1 Å². The molecule has 0 radical (unpaired) electrons. The predicted octanol–water partition coefficient (Wildman–Crippen LogP) is 6.03. The first-order valence-corrected chi connectivity index (χ1v) is 12.9. The summed E-state index contributed by atoms with van der Waals surface area (Å²) in [4.78, 5) is 20.3. The largest absolute Gasteiger partial charge is 0.490 e. The standard InChI is InChI=1S/C28H26N6OS/c1-34-13-8-23(9-14-34)35-26-17-25-21(16-24(26)27-30-12-15-36-27)18-31-28(33-25)32-22-4-2-19(3-5-22)20-6-10-29-11-7-20/h2-7,10-12,15-18,23H,8-9,13-14H2,1H3,(H,31,32,33). The van der Waals surface area contributed by atoms with Gasteiger partial charge in [0.25, 0.3) is 0 Å². The van der Waals surface area contributed by atoms with Crippen LogP contribution in [0.4, 0.5) is 11.6 Å². The molecule has 36 heavy (non-hydrogen) atoms. The summed E-state index contributed by atoms with van der Waals surface area (Å²) in [7, 11) is 2.16. The number of ether oxygens (including phenoxy) is 1. The van der Waals surface area contributed by atoms with Crippen molar-refractivity contribution in [3.8, 4) is 27.4 Å². The van der Waals surface area contributed by atoms with Gasteiger partial charge in [0.05, 0.1) is 11.1 Å². The highest BCUT2D eigenvalue weighted by Crippen LogP contribution is 2.36. The number of fused-ring (bicyclic) bond motifs is 1. The summed E-state index contributed by atoms with van der Waals surface area (Å²) in [6.45, 7) is 2.09. The number of benzene rings is 2. The van der Waals surface area contributed by atoms with E-state index in [-0.39, 0.29) is 6.10 Å². The summed E-state index contributed by atoms with van der Waals surface area (Å²) >= 11 is 1.61. The lowest BCUT2D eigenvalue weighted by atomic mass is 10.1. The Morgan fingerprint density at radius 3 is 2.47 bits per heavy atom. The first-order valence-electron chi connectivity index (χ1n) is 12.0. The molecule has 0 saturated carbocycles. The Labute approximate surface area is 213 Å². The molecule has 1 saturated heterocycles. The topological polar surface area (TPSA) is 76.1 Å². The van der Waals surface area contributed by atoms with Crippen molar-refractivity contribution in [3.63, 3.8) is 0 Å². The van der Waals surface area contributed by atoms with Gasteiger partial charge in [0.15, 0.2) is 0 Å². The van der Waals surface area contributed by atoms with Crippen LogP contribution in [-0.2, 0) is 0 Å². The SMILES string of the molecule is CN1CCC(Oc2cc3nc(Nc4ccc(-c5ccncc5)cc4)ncc3cc2-c2nccs2)CC1. The number of aromatic nitrogens is 4. The Balaban J connectivity index is 1.28. The molecule has 0 amide bonds. The Morgan fingerprint density at radius 2 is 1.72 bits per heavy atom. The van der Waals surface area contributed by atoms with Gasteiger partial charge in [0.2, 0.25) is 5.95 Å². The van der Waals surface area contributed by atoms with Crippen molar-refractivity contribution in [1.29, 1.82) is 0 Å². The first-order chi connectivity index (χ1) is 17.7. The lowest BCUT2D eigenvalue weighted by Gasteiger charge is -2.29. The fourth-order valence-corrected chi connectivity index (χ4v) is 5.10. The summed E-state index contributed by atoms with van der Waals surface area (Å²) < 4.78 is 6.53. The molecule has 1 N–H and O–H groups in total. The van der Waals surface area contributed by atoms with E-state index < -0.39 is 0 Å². The number of pyridine rings is 1. The molecule has 0 spiro atoms. The second-order valence-corrected chi connectivity index (χ2v) is 9.89. The minimum absolute atomic E-state index is 0.190. The van der Waals surface area contributed by atoms with Crippen molar-refractivity contribution in [2.45, 2.75) is 18.9 Å². The van der Waals surface area contributed by atoms with E-state index in [0.29, 0.717) is 5.95 Å². The molecule has 0 atom stereocenters. The normalized spacial score (nSPS) is 14.7. The van der Waals surface area contributed by atoms with E-state index in [2.05, 4.69) is 50.4 Å². The summed E-state index contributed by atoms with van der Waals surface area (Å²) in [5.74, 6) is 1.38. The Hall–Kier alpha value is -3.88. The van der Waals surface area contributed by atoms with Crippen molar-refractivity contribution in [1.82, 2.24) is 24.8 Å². The molecule has 1 fully saturated rings. The molecule has 6 rings (SSSR count). The number of hydrogen-bond acceptors (Lipinski definition) is 8. The Kier molecular flexibility index (Phi) is 6.27. The van der Waals surface area contributed by atoms with E-state index in [9.17, 15) is 0 Å². The van der Waals surface area contributed by atoms with Crippen LogP contribution in [0, 0.1) is 0 Å². The molecule has 8 heteroatoms. The molecule has 5 aromatic rings. The quantitative estimate of drug-likeness (QED) is 0.309. The highest BCUT2D eigenvalue weighted by molar-refractivity contribution is 7.13. The molecule has 0 bridgehead atoms. The number of rotatable bonds is 6. The van der Waals surface area contributed by atoms with Crippen LogP contribution in [0.5, 0.6) is 5.75 Å². The highest BCUT2D eigenvalue weighted by Gasteiger charge is 2.21. The Bertz CT molecular complexity index is 1450. The van der Waals surface area contributed by atoms with Crippen LogP contribution >= 0.6 is 11.3 Å². The van der Waals surface area contributed by atoms with Crippen LogP contribution < -0.4 is 10.1 Å². The van der Waals surface area contributed by atoms with Gasteiger partial charge in [-0.3, -0.25) is 4.98 Å². The lowest BCUT2D eigenvalue weighted by molar-refractivity contribution is 0.115. The maximum absolute atomic E-state index is 6.53. The molecule has 4 heterocycles. The van der Waals surface area contributed by atoms with E-state index in [1.54, 1.807) is 23.7 Å². The summed E-state index contributed by atoms with van der Waals surface area (Å²) in [6, 6.07) is 16.3. The lowest BCUT2D eigenvalue weighted by Crippen LogP contribution is -2.35. The minimum atomic E-state index is 0.190. The number of likely N-dealkylation sites (tertiary alicyclic amines) is 1. The smallest absolute Gasteiger partial charge is 0.227 e. The van der Waals surface area contributed by atoms with Gasteiger partial charge in [-0.25, -0.2) is 15.0 Å². The highest BCUT2D eigenvalue weighted by atomic mass is 32.1. The van der Waals surface area contributed by atoms with Crippen LogP contribution in [-0.4, -0.2) is 51.1 Å². The number of anilines is 2. The maximum Gasteiger partial charge on any atom is 0.227 e. The zero-order valence-electron chi connectivity index (χ0n) is 20.0. The third-order valence-corrected chi connectivity index (χ3v) is 7.26. The third kappa shape index (κ3) is 4.91. The maximum atomic E-state index is 6.53. The van der Waals surface area contributed by atoms with E-state index in [1.807, 2.05) is 48.1 Å². The van der Waals surface area contributed by atoms with Crippen molar-refractivity contribution < 1.29 is 4.74 Å². The van der Waals surface area contributed by atoms with Crippen LogP contribution in [0.15, 0.2) is 78.7 Å². The van der Waals surface area contributed by atoms with Gasteiger partial charge < -0.3 is 15.0 Å². The summed E-state index contributed by atoms with van der Waals surface area (Å²) in [6.07, 6.45) is 9.50. The minimum Gasteiger partial charge on any atom is -0.490 e.